The van der Waals surface area contributed by atoms with Gasteiger partial charge in [-0.25, -0.2) is 0 Å². The molecule has 2 aromatic rings. The maximum Gasteiger partial charge on any atom is 0.254 e. The fourth-order valence-corrected chi connectivity index (χ4v) is 2.60. The molecule has 0 saturated heterocycles. The molecule has 3 N–H and O–H groups in total. The van der Waals surface area contributed by atoms with Crippen LogP contribution in [0.5, 0.6) is 0 Å². The van der Waals surface area contributed by atoms with E-state index in [1.807, 2.05) is 19.1 Å². The van der Waals surface area contributed by atoms with Gasteiger partial charge in [0.2, 0.25) is 0 Å². The van der Waals surface area contributed by atoms with Gasteiger partial charge in [-0.05, 0) is 31.4 Å². The van der Waals surface area contributed by atoms with Crippen LogP contribution in [0.1, 0.15) is 37.6 Å². The molecular formula is C16H22N4O. The lowest BCUT2D eigenvalue weighted by Gasteiger charge is -2.31. The number of hydrogen-bond donors (Lipinski definition) is 2. The Kier molecular flexibility index (Phi) is 4.53. The number of carbonyl (C=O) groups is 1. The molecule has 1 heterocycles. The summed E-state index contributed by atoms with van der Waals surface area (Å²) >= 11 is 0. The van der Waals surface area contributed by atoms with Crippen LogP contribution in [0.2, 0.25) is 0 Å². The van der Waals surface area contributed by atoms with Crippen molar-refractivity contribution >= 4 is 16.9 Å². The third kappa shape index (κ3) is 3.55. The van der Waals surface area contributed by atoms with E-state index in [9.17, 15) is 4.79 Å². The fourth-order valence-electron chi connectivity index (χ4n) is 2.60. The first-order valence-electron chi connectivity index (χ1n) is 7.17. The topological polar surface area (TPSA) is 80.9 Å². The van der Waals surface area contributed by atoms with Gasteiger partial charge < -0.3 is 11.1 Å². The third-order valence-electron chi connectivity index (χ3n) is 3.47. The fraction of sp³-hybridized carbons (Fsp3) is 0.438. The molecule has 0 aliphatic carbocycles. The molecule has 5 heteroatoms. The van der Waals surface area contributed by atoms with Gasteiger partial charge in [-0.3, -0.25) is 14.8 Å². The zero-order valence-corrected chi connectivity index (χ0v) is 12.8. The molecule has 21 heavy (non-hydrogen) atoms. The highest BCUT2D eigenvalue weighted by atomic mass is 16.1. The molecule has 0 aliphatic rings. The Balaban J connectivity index is 2.30. The Bertz CT molecular complexity index is 636. The first-order valence-corrected chi connectivity index (χ1v) is 7.17. The highest BCUT2D eigenvalue weighted by molar-refractivity contribution is 6.04. The van der Waals surface area contributed by atoms with Crippen LogP contribution in [-0.2, 0) is 0 Å². The number of nitrogens with one attached hydrogen (secondary N) is 1. The van der Waals surface area contributed by atoms with Crippen molar-refractivity contribution in [3.63, 3.8) is 0 Å². The average molecular weight is 286 g/mol. The van der Waals surface area contributed by atoms with Gasteiger partial charge in [0.1, 0.15) is 5.52 Å². The van der Waals surface area contributed by atoms with Crippen LogP contribution in [0.4, 0.5) is 0 Å². The number of benzene rings is 1. The van der Waals surface area contributed by atoms with Gasteiger partial charge in [0.25, 0.3) is 5.91 Å². The van der Waals surface area contributed by atoms with Crippen LogP contribution in [0.3, 0.4) is 0 Å². The van der Waals surface area contributed by atoms with Crippen molar-refractivity contribution in [3.05, 3.63) is 36.2 Å². The van der Waals surface area contributed by atoms with Gasteiger partial charge in [-0.15, -0.1) is 0 Å². The second-order valence-electron chi connectivity index (χ2n) is 6.05. The Morgan fingerprint density at radius 2 is 2.05 bits per heavy atom. The van der Waals surface area contributed by atoms with Gasteiger partial charge in [0, 0.05) is 24.5 Å². The smallest absolute Gasteiger partial charge is 0.254 e. The highest BCUT2D eigenvalue weighted by Gasteiger charge is 2.27. The SMILES string of the molecule is CC(C)CC(C)(CN)NC(=O)c1cccc2nccnc12. The van der Waals surface area contributed by atoms with Gasteiger partial charge in [-0.1, -0.05) is 19.9 Å². The number of hydrogen-bond acceptors (Lipinski definition) is 4. The summed E-state index contributed by atoms with van der Waals surface area (Å²) in [5.74, 6) is 0.292. The van der Waals surface area contributed by atoms with E-state index in [1.165, 1.54) is 0 Å². The number of carbonyl (C=O) groups excluding carboxylic acids is 1. The molecule has 0 bridgehead atoms. The number of aromatic nitrogens is 2. The zero-order valence-electron chi connectivity index (χ0n) is 12.8. The molecular weight excluding hydrogens is 264 g/mol. The highest BCUT2D eigenvalue weighted by Crippen LogP contribution is 2.18. The lowest BCUT2D eigenvalue weighted by Crippen LogP contribution is -2.52. The van der Waals surface area contributed by atoms with Crippen molar-refractivity contribution in [2.45, 2.75) is 32.7 Å². The maximum atomic E-state index is 12.6. The van der Waals surface area contributed by atoms with E-state index >= 15 is 0 Å². The molecule has 0 radical (unpaired) electrons. The third-order valence-corrected chi connectivity index (χ3v) is 3.47. The van der Waals surface area contributed by atoms with E-state index in [2.05, 4.69) is 29.1 Å². The molecule has 112 valence electrons. The summed E-state index contributed by atoms with van der Waals surface area (Å²) in [4.78, 5) is 21.1. The first-order chi connectivity index (χ1) is 9.95. The number of amides is 1. The number of para-hydroxylation sites is 1. The molecule has 1 atom stereocenters. The van der Waals surface area contributed by atoms with Crippen LogP contribution in [0, 0.1) is 5.92 Å². The molecule has 1 aromatic heterocycles. The summed E-state index contributed by atoms with van der Waals surface area (Å²) < 4.78 is 0. The van der Waals surface area contributed by atoms with Crippen LogP contribution in [0.15, 0.2) is 30.6 Å². The zero-order chi connectivity index (χ0) is 15.5. The predicted octanol–water partition coefficient (Wildman–Crippen LogP) is 2.12. The van der Waals surface area contributed by atoms with E-state index < -0.39 is 5.54 Å². The van der Waals surface area contributed by atoms with E-state index in [1.54, 1.807) is 18.5 Å². The van der Waals surface area contributed by atoms with Gasteiger partial charge in [0.05, 0.1) is 11.1 Å². The van der Waals surface area contributed by atoms with Gasteiger partial charge >= 0.3 is 0 Å². The summed E-state index contributed by atoms with van der Waals surface area (Å²) in [6, 6.07) is 5.42. The van der Waals surface area contributed by atoms with Crippen LogP contribution in [-0.4, -0.2) is 28.0 Å². The predicted molar refractivity (Wildman–Crippen MR) is 83.9 cm³/mol. The van der Waals surface area contributed by atoms with Crippen LogP contribution in [0.25, 0.3) is 11.0 Å². The van der Waals surface area contributed by atoms with E-state index in [0.29, 0.717) is 29.1 Å². The van der Waals surface area contributed by atoms with E-state index in [4.69, 9.17) is 5.73 Å². The van der Waals surface area contributed by atoms with Crippen LogP contribution < -0.4 is 11.1 Å². The van der Waals surface area contributed by atoms with Crippen molar-refractivity contribution in [2.24, 2.45) is 11.7 Å². The van der Waals surface area contributed by atoms with Crippen molar-refractivity contribution in [3.8, 4) is 0 Å². The number of fused-ring (bicyclic) bond motifs is 1. The summed E-state index contributed by atoms with van der Waals surface area (Å²) in [6.07, 6.45) is 4.04. The Morgan fingerprint density at radius 1 is 1.33 bits per heavy atom. The van der Waals surface area contributed by atoms with Crippen LogP contribution >= 0.6 is 0 Å². The quantitative estimate of drug-likeness (QED) is 0.882. The molecule has 1 unspecified atom stereocenters. The largest absolute Gasteiger partial charge is 0.346 e. The Hall–Kier alpha value is -2.01. The number of nitrogens with zero attached hydrogens (tertiary/aromatic N) is 2. The van der Waals surface area contributed by atoms with Gasteiger partial charge in [-0.2, -0.15) is 0 Å². The molecule has 0 spiro atoms. The molecule has 5 nitrogen and oxygen atoms in total. The minimum atomic E-state index is -0.421. The first kappa shape index (κ1) is 15.4. The minimum absolute atomic E-state index is 0.158. The van der Waals surface area contributed by atoms with E-state index in [0.717, 1.165) is 6.42 Å². The molecule has 0 aliphatic heterocycles. The Labute approximate surface area is 125 Å². The number of nitrogens with two attached hydrogens (primary N) is 1. The average Bonchev–Trinajstić information content (AvgIpc) is 2.45. The molecule has 0 saturated carbocycles. The van der Waals surface area contributed by atoms with Crippen molar-refractivity contribution in [1.29, 1.82) is 0 Å². The normalized spacial score (nSPS) is 14.1. The lowest BCUT2D eigenvalue weighted by molar-refractivity contribution is 0.0900. The molecule has 1 amide bonds. The minimum Gasteiger partial charge on any atom is -0.346 e. The molecule has 1 aromatic carbocycles. The summed E-state index contributed by atoms with van der Waals surface area (Å²) in [5, 5.41) is 3.05. The monoisotopic (exact) mass is 286 g/mol. The van der Waals surface area contributed by atoms with Crippen molar-refractivity contribution in [2.75, 3.05) is 6.54 Å². The Morgan fingerprint density at radius 3 is 2.71 bits per heavy atom. The van der Waals surface area contributed by atoms with Gasteiger partial charge in [0.15, 0.2) is 0 Å². The van der Waals surface area contributed by atoms with Crippen molar-refractivity contribution < 1.29 is 4.79 Å². The summed E-state index contributed by atoms with van der Waals surface area (Å²) in [6.45, 7) is 6.60. The second kappa shape index (κ2) is 6.18. The lowest BCUT2D eigenvalue weighted by atomic mass is 9.90. The summed E-state index contributed by atoms with van der Waals surface area (Å²) in [7, 11) is 0. The van der Waals surface area contributed by atoms with Crippen molar-refractivity contribution in [1.82, 2.24) is 15.3 Å². The van der Waals surface area contributed by atoms with E-state index in [-0.39, 0.29) is 5.91 Å². The standard InChI is InChI=1S/C16H22N4O/c1-11(2)9-16(3,10-17)20-15(21)12-5-4-6-13-14(12)19-8-7-18-13/h4-8,11H,9-10,17H2,1-3H3,(H,20,21). The molecule has 0 fully saturated rings. The maximum absolute atomic E-state index is 12.6. The number of rotatable bonds is 5. The summed E-state index contributed by atoms with van der Waals surface area (Å²) in [5.41, 5.74) is 7.29. The molecule has 2 rings (SSSR count). The second-order valence-corrected chi connectivity index (χ2v) is 6.05.